The number of nitrogens with two attached hydrogens (primary N) is 2. The second-order valence-electron chi connectivity index (χ2n) is 7.69. The Bertz CT molecular complexity index is 726. The predicted octanol–water partition coefficient (Wildman–Crippen LogP) is -3.37. The summed E-state index contributed by atoms with van der Waals surface area (Å²) >= 11 is 0. The summed E-state index contributed by atoms with van der Waals surface area (Å²) in [5.41, 5.74) is 10.4. The number of carbonyl (C=O) groups excluding carboxylic acids is 4. The van der Waals surface area contributed by atoms with Crippen LogP contribution in [0.2, 0.25) is 0 Å². The van der Waals surface area contributed by atoms with Crippen molar-refractivity contribution in [1.29, 1.82) is 0 Å². The van der Waals surface area contributed by atoms with Crippen LogP contribution in [0.4, 0.5) is 0 Å². The van der Waals surface area contributed by atoms with E-state index in [2.05, 4.69) is 10.6 Å². The van der Waals surface area contributed by atoms with Gasteiger partial charge in [0.1, 0.15) is 18.1 Å². The molecule has 0 rings (SSSR count). The number of carboxylic acid groups (broad SMARTS) is 2. The smallest absolute Gasteiger partial charge is 0.326 e. The van der Waals surface area contributed by atoms with Gasteiger partial charge in [-0.3, -0.25) is 24.0 Å². The molecule has 0 aromatic heterocycles. The number of carboxylic acids is 2. The predicted molar refractivity (Wildman–Crippen MR) is 109 cm³/mol. The number of aliphatic hydroxyl groups excluding tert-OH is 1. The monoisotopic (exact) mass is 461 g/mol. The van der Waals surface area contributed by atoms with E-state index in [1.54, 1.807) is 13.8 Å². The first-order valence-corrected chi connectivity index (χ1v) is 9.73. The average molecular weight is 461 g/mol. The number of aliphatic carboxylic acids is 2. The second-order valence-corrected chi connectivity index (χ2v) is 7.69. The van der Waals surface area contributed by atoms with Gasteiger partial charge in [-0.15, -0.1) is 0 Å². The summed E-state index contributed by atoms with van der Waals surface area (Å²) < 4.78 is 0. The third-order valence-electron chi connectivity index (χ3n) is 4.15. The van der Waals surface area contributed by atoms with Crippen LogP contribution in [0, 0.1) is 5.92 Å². The molecule has 5 atom stereocenters. The first-order chi connectivity index (χ1) is 14.6. The lowest BCUT2D eigenvalue weighted by Crippen LogP contribution is -2.60. The molecular formula is C18H31N5O9. The highest BCUT2D eigenvalue weighted by Crippen LogP contribution is 2.07. The molecule has 0 heterocycles. The van der Waals surface area contributed by atoms with Crippen molar-refractivity contribution >= 4 is 35.6 Å². The van der Waals surface area contributed by atoms with Gasteiger partial charge in [-0.05, 0) is 19.3 Å². The summed E-state index contributed by atoms with van der Waals surface area (Å²) in [5, 5.41) is 34.5. The van der Waals surface area contributed by atoms with Gasteiger partial charge in [-0.2, -0.15) is 0 Å². The van der Waals surface area contributed by atoms with Gasteiger partial charge in [0.15, 0.2) is 0 Å². The lowest BCUT2D eigenvalue weighted by atomic mass is 10.0. The van der Waals surface area contributed by atoms with Gasteiger partial charge in [0.25, 0.3) is 0 Å². The Labute approximate surface area is 184 Å². The lowest BCUT2D eigenvalue weighted by molar-refractivity contribution is -0.144. The first-order valence-electron chi connectivity index (χ1n) is 9.73. The van der Waals surface area contributed by atoms with Crippen molar-refractivity contribution in [3.8, 4) is 0 Å². The summed E-state index contributed by atoms with van der Waals surface area (Å²) in [6, 6.07) is -6.09. The van der Waals surface area contributed by atoms with Crippen LogP contribution >= 0.6 is 0 Å². The van der Waals surface area contributed by atoms with Crippen molar-refractivity contribution in [2.45, 2.75) is 70.3 Å². The molecule has 0 radical (unpaired) electrons. The Kier molecular flexibility index (Phi) is 11.9. The van der Waals surface area contributed by atoms with Crippen molar-refractivity contribution in [3.05, 3.63) is 0 Å². The van der Waals surface area contributed by atoms with Gasteiger partial charge in [-0.1, -0.05) is 13.8 Å². The molecule has 10 N–H and O–H groups in total. The number of aliphatic hydroxyl groups is 1. The number of hydrogen-bond donors (Lipinski definition) is 8. The van der Waals surface area contributed by atoms with E-state index in [9.17, 15) is 39.0 Å². The van der Waals surface area contributed by atoms with Gasteiger partial charge < -0.3 is 42.7 Å². The summed E-state index contributed by atoms with van der Waals surface area (Å²) in [7, 11) is 0. The molecule has 0 aromatic rings. The zero-order valence-corrected chi connectivity index (χ0v) is 18.0. The van der Waals surface area contributed by atoms with Crippen LogP contribution in [0.25, 0.3) is 0 Å². The fourth-order valence-corrected chi connectivity index (χ4v) is 2.59. The van der Waals surface area contributed by atoms with E-state index in [4.69, 9.17) is 16.6 Å². The molecule has 0 spiro atoms. The summed E-state index contributed by atoms with van der Waals surface area (Å²) in [6.07, 6.45) is -2.87. The summed E-state index contributed by atoms with van der Waals surface area (Å²) in [6.45, 7) is 4.62. The van der Waals surface area contributed by atoms with Gasteiger partial charge in [-0.25, -0.2) is 4.79 Å². The van der Waals surface area contributed by atoms with Crippen LogP contribution in [-0.4, -0.2) is 81.2 Å². The molecule has 0 aliphatic heterocycles. The Morgan fingerprint density at radius 3 is 1.75 bits per heavy atom. The quantitative estimate of drug-likeness (QED) is 0.127. The maximum Gasteiger partial charge on any atom is 0.326 e. The van der Waals surface area contributed by atoms with Crippen LogP contribution in [-0.2, 0) is 28.8 Å². The maximum absolute atomic E-state index is 12.5. The number of amides is 4. The molecule has 0 fully saturated rings. The van der Waals surface area contributed by atoms with E-state index in [0.29, 0.717) is 0 Å². The highest BCUT2D eigenvalue weighted by molar-refractivity contribution is 5.96. The van der Waals surface area contributed by atoms with Crippen LogP contribution in [0.15, 0.2) is 0 Å². The molecular weight excluding hydrogens is 430 g/mol. The molecule has 0 aliphatic rings. The normalized spacial score (nSPS) is 15.6. The molecule has 0 aromatic carbocycles. The maximum atomic E-state index is 12.5. The molecule has 14 heteroatoms. The Morgan fingerprint density at radius 2 is 1.34 bits per heavy atom. The topological polar surface area (TPSA) is 251 Å². The van der Waals surface area contributed by atoms with E-state index in [-0.39, 0.29) is 12.3 Å². The van der Waals surface area contributed by atoms with Gasteiger partial charge in [0.2, 0.25) is 23.6 Å². The van der Waals surface area contributed by atoms with Gasteiger partial charge >= 0.3 is 11.9 Å². The van der Waals surface area contributed by atoms with E-state index in [1.165, 1.54) is 0 Å². The van der Waals surface area contributed by atoms with Gasteiger partial charge in [0, 0.05) is 0 Å². The zero-order valence-electron chi connectivity index (χ0n) is 18.0. The Hall–Kier alpha value is -3.26. The number of nitrogens with one attached hydrogen (secondary N) is 3. The fourth-order valence-electron chi connectivity index (χ4n) is 2.59. The van der Waals surface area contributed by atoms with Crippen LogP contribution in [0.5, 0.6) is 0 Å². The van der Waals surface area contributed by atoms with Crippen molar-refractivity contribution in [2.75, 3.05) is 0 Å². The van der Waals surface area contributed by atoms with Crippen LogP contribution < -0.4 is 27.4 Å². The lowest BCUT2D eigenvalue weighted by Gasteiger charge is -2.26. The number of rotatable bonds is 14. The van der Waals surface area contributed by atoms with Crippen molar-refractivity contribution in [3.63, 3.8) is 0 Å². The SMILES string of the molecule is CC(C)CC(NC(=O)C(NC(=O)C(CC(=O)O)NC(=O)C(N)CC(N)=O)C(C)O)C(=O)O. The minimum absolute atomic E-state index is 0.0804. The van der Waals surface area contributed by atoms with E-state index >= 15 is 0 Å². The van der Waals surface area contributed by atoms with Crippen LogP contribution in [0.1, 0.15) is 40.0 Å². The molecule has 0 saturated carbocycles. The van der Waals surface area contributed by atoms with Gasteiger partial charge in [0.05, 0.1) is 25.0 Å². The van der Waals surface area contributed by atoms with E-state index in [0.717, 1.165) is 6.92 Å². The Morgan fingerprint density at radius 1 is 0.812 bits per heavy atom. The highest BCUT2D eigenvalue weighted by atomic mass is 16.4. The molecule has 0 aliphatic carbocycles. The van der Waals surface area contributed by atoms with E-state index in [1.807, 2.05) is 5.32 Å². The number of carbonyl (C=O) groups is 6. The first kappa shape index (κ1) is 28.7. The summed E-state index contributed by atoms with van der Waals surface area (Å²) in [5.74, 6) is -6.98. The minimum atomic E-state index is -1.71. The second kappa shape index (κ2) is 13.2. The molecule has 14 nitrogen and oxygen atoms in total. The molecule has 0 saturated heterocycles. The average Bonchev–Trinajstić information content (AvgIpc) is 2.62. The Balaban J connectivity index is 5.45. The largest absolute Gasteiger partial charge is 0.481 e. The van der Waals surface area contributed by atoms with Crippen LogP contribution in [0.3, 0.4) is 0 Å². The number of primary amides is 1. The van der Waals surface area contributed by atoms with E-state index < -0.39 is 78.7 Å². The number of hydrogen-bond acceptors (Lipinski definition) is 8. The molecule has 5 unspecified atom stereocenters. The molecule has 182 valence electrons. The summed E-state index contributed by atoms with van der Waals surface area (Å²) in [4.78, 5) is 70.4. The highest BCUT2D eigenvalue weighted by Gasteiger charge is 2.33. The van der Waals surface area contributed by atoms with Crippen molar-refractivity contribution in [1.82, 2.24) is 16.0 Å². The zero-order chi connectivity index (χ0) is 25.2. The third kappa shape index (κ3) is 10.7. The van der Waals surface area contributed by atoms with Crippen molar-refractivity contribution in [2.24, 2.45) is 17.4 Å². The molecule has 0 bridgehead atoms. The fraction of sp³-hybridized carbons (Fsp3) is 0.667. The standard InChI is InChI=1S/C18H31N5O9/c1-7(2)4-11(18(31)32)22-17(30)14(8(3)24)23-16(29)10(6-13(26)27)21-15(28)9(19)5-12(20)25/h7-11,14,24H,4-6,19H2,1-3H3,(H2,20,25)(H,21,28)(H,22,30)(H,23,29)(H,26,27)(H,31,32). The van der Waals surface area contributed by atoms with Crippen molar-refractivity contribution < 1.29 is 44.1 Å². The minimum Gasteiger partial charge on any atom is -0.481 e. The molecule has 4 amide bonds. The third-order valence-corrected chi connectivity index (χ3v) is 4.15. The molecule has 32 heavy (non-hydrogen) atoms.